The zero-order valence-corrected chi connectivity index (χ0v) is 11.7. The van der Waals surface area contributed by atoms with Crippen LogP contribution in [0.5, 0.6) is 0 Å². The van der Waals surface area contributed by atoms with E-state index in [-0.39, 0.29) is 0 Å². The van der Waals surface area contributed by atoms with Crippen molar-refractivity contribution in [2.45, 2.75) is 18.4 Å². The molecule has 3 nitrogen and oxygen atoms in total. The highest BCUT2D eigenvalue weighted by Crippen LogP contribution is 2.32. The van der Waals surface area contributed by atoms with E-state index in [1.54, 1.807) is 0 Å². The lowest BCUT2D eigenvalue weighted by atomic mass is 9.98. The van der Waals surface area contributed by atoms with Gasteiger partial charge >= 0.3 is 0 Å². The number of hydrogen-bond donors (Lipinski definition) is 1. The number of benzene rings is 1. The van der Waals surface area contributed by atoms with Crippen LogP contribution < -0.4 is 5.73 Å². The van der Waals surface area contributed by atoms with Crippen molar-refractivity contribution < 1.29 is 0 Å². The van der Waals surface area contributed by atoms with E-state index in [0.717, 1.165) is 13.1 Å². The van der Waals surface area contributed by atoms with E-state index >= 15 is 0 Å². The van der Waals surface area contributed by atoms with Gasteiger partial charge in [-0.05, 0) is 42.1 Å². The minimum atomic E-state index is 0.312. The van der Waals surface area contributed by atoms with E-state index in [4.69, 9.17) is 5.73 Å². The Morgan fingerprint density at radius 3 is 2.60 bits per heavy atom. The largest absolute Gasteiger partial charge is 0.329 e. The van der Waals surface area contributed by atoms with Gasteiger partial charge in [0.05, 0.1) is 0 Å². The standard InChI is InChI=1S/C17H21N3/c18-12-17(15-6-9-19-10-7-15)20-11-8-16(13-20)14-4-2-1-3-5-14/h1-7,9-10,16-17H,8,11-13,18H2. The molecule has 0 amide bonds. The topological polar surface area (TPSA) is 42.1 Å². The highest BCUT2D eigenvalue weighted by molar-refractivity contribution is 5.22. The fraction of sp³-hybridized carbons (Fsp3) is 0.353. The Morgan fingerprint density at radius 1 is 1.15 bits per heavy atom. The van der Waals surface area contributed by atoms with Crippen molar-refractivity contribution in [3.63, 3.8) is 0 Å². The lowest BCUT2D eigenvalue weighted by Gasteiger charge is -2.27. The summed E-state index contributed by atoms with van der Waals surface area (Å²) in [5, 5.41) is 0. The van der Waals surface area contributed by atoms with Gasteiger partial charge in [-0.15, -0.1) is 0 Å². The first-order valence-electron chi connectivity index (χ1n) is 7.27. The zero-order valence-electron chi connectivity index (χ0n) is 11.7. The van der Waals surface area contributed by atoms with E-state index in [1.807, 2.05) is 12.4 Å². The van der Waals surface area contributed by atoms with Crippen molar-refractivity contribution in [3.8, 4) is 0 Å². The van der Waals surface area contributed by atoms with E-state index < -0.39 is 0 Å². The number of aromatic nitrogens is 1. The molecule has 2 atom stereocenters. The first kappa shape index (κ1) is 13.3. The number of likely N-dealkylation sites (tertiary alicyclic amines) is 1. The van der Waals surface area contributed by atoms with Gasteiger partial charge < -0.3 is 5.73 Å². The highest BCUT2D eigenvalue weighted by Gasteiger charge is 2.29. The molecule has 2 unspecified atom stereocenters. The molecular formula is C17H21N3. The molecule has 1 saturated heterocycles. The SMILES string of the molecule is NCC(c1ccncc1)N1CCC(c2ccccc2)C1. The fourth-order valence-electron chi connectivity index (χ4n) is 3.15. The van der Waals surface area contributed by atoms with Crippen molar-refractivity contribution in [2.75, 3.05) is 19.6 Å². The summed E-state index contributed by atoms with van der Waals surface area (Å²) in [7, 11) is 0. The molecule has 104 valence electrons. The molecule has 20 heavy (non-hydrogen) atoms. The smallest absolute Gasteiger partial charge is 0.0471 e. The van der Waals surface area contributed by atoms with Crippen LogP contribution in [-0.4, -0.2) is 29.5 Å². The molecule has 0 radical (unpaired) electrons. The van der Waals surface area contributed by atoms with Gasteiger partial charge in [-0.2, -0.15) is 0 Å². The van der Waals surface area contributed by atoms with Crippen LogP contribution in [-0.2, 0) is 0 Å². The molecule has 1 aliphatic rings. The summed E-state index contributed by atoms with van der Waals surface area (Å²) in [6.07, 6.45) is 4.91. The molecule has 0 aliphatic carbocycles. The molecule has 3 rings (SSSR count). The second-order valence-electron chi connectivity index (χ2n) is 5.42. The second kappa shape index (κ2) is 6.16. The van der Waals surface area contributed by atoms with Gasteiger partial charge in [-0.1, -0.05) is 30.3 Å². The predicted octanol–water partition coefficient (Wildman–Crippen LogP) is 2.57. The molecular weight excluding hydrogens is 246 g/mol. The molecule has 3 heteroatoms. The molecule has 0 bridgehead atoms. The minimum Gasteiger partial charge on any atom is -0.329 e. The van der Waals surface area contributed by atoms with E-state index in [2.05, 4.69) is 52.3 Å². The van der Waals surface area contributed by atoms with Crippen molar-refractivity contribution in [2.24, 2.45) is 5.73 Å². The maximum absolute atomic E-state index is 6.01. The summed E-state index contributed by atoms with van der Waals surface area (Å²) in [4.78, 5) is 6.60. The van der Waals surface area contributed by atoms with Crippen LogP contribution >= 0.6 is 0 Å². The van der Waals surface area contributed by atoms with Crippen LogP contribution in [0.1, 0.15) is 29.5 Å². The molecule has 0 spiro atoms. The molecule has 1 fully saturated rings. The summed E-state index contributed by atoms with van der Waals surface area (Å²) < 4.78 is 0. The van der Waals surface area contributed by atoms with Crippen molar-refractivity contribution in [3.05, 3.63) is 66.0 Å². The first-order chi connectivity index (χ1) is 9.88. The van der Waals surface area contributed by atoms with Crippen LogP contribution in [0.15, 0.2) is 54.9 Å². The summed E-state index contributed by atoms with van der Waals surface area (Å²) >= 11 is 0. The normalized spacial score (nSPS) is 20.9. The Bertz CT molecular complexity index is 526. The average molecular weight is 267 g/mol. The lowest BCUT2D eigenvalue weighted by Crippen LogP contribution is -2.31. The Balaban J connectivity index is 1.73. The van der Waals surface area contributed by atoms with Crippen LogP contribution in [0.4, 0.5) is 0 Å². The maximum Gasteiger partial charge on any atom is 0.0471 e. The Kier molecular flexibility index (Phi) is 4.09. The number of nitrogens with two attached hydrogens (primary N) is 1. The van der Waals surface area contributed by atoms with Crippen molar-refractivity contribution in [1.29, 1.82) is 0 Å². The van der Waals surface area contributed by atoms with Gasteiger partial charge in [0.1, 0.15) is 0 Å². The maximum atomic E-state index is 6.01. The Labute approximate surface area is 120 Å². The van der Waals surface area contributed by atoms with Crippen molar-refractivity contribution in [1.82, 2.24) is 9.88 Å². The first-order valence-corrected chi connectivity index (χ1v) is 7.27. The van der Waals surface area contributed by atoms with Crippen molar-refractivity contribution >= 4 is 0 Å². The third-order valence-corrected chi connectivity index (χ3v) is 4.25. The average Bonchev–Trinajstić information content (AvgIpc) is 3.00. The number of rotatable bonds is 4. The van der Waals surface area contributed by atoms with E-state index in [9.17, 15) is 0 Å². The minimum absolute atomic E-state index is 0.312. The van der Waals surface area contributed by atoms with Gasteiger partial charge in [0, 0.05) is 31.5 Å². The number of hydrogen-bond acceptors (Lipinski definition) is 3. The quantitative estimate of drug-likeness (QED) is 0.925. The molecule has 1 aromatic heterocycles. The molecule has 2 N–H and O–H groups in total. The van der Waals surface area contributed by atoms with Crippen LogP contribution in [0.3, 0.4) is 0 Å². The molecule has 1 aliphatic heterocycles. The lowest BCUT2D eigenvalue weighted by molar-refractivity contribution is 0.248. The monoisotopic (exact) mass is 267 g/mol. The van der Waals surface area contributed by atoms with Gasteiger partial charge in [0.25, 0.3) is 0 Å². The van der Waals surface area contributed by atoms with E-state index in [0.29, 0.717) is 18.5 Å². The number of pyridine rings is 1. The molecule has 1 aromatic carbocycles. The van der Waals surface area contributed by atoms with Gasteiger partial charge in [0.15, 0.2) is 0 Å². The third-order valence-electron chi connectivity index (χ3n) is 4.25. The Hall–Kier alpha value is -1.71. The van der Waals surface area contributed by atoms with Crippen LogP contribution in [0, 0.1) is 0 Å². The fourth-order valence-corrected chi connectivity index (χ4v) is 3.15. The molecule has 2 heterocycles. The van der Waals surface area contributed by atoms with E-state index in [1.165, 1.54) is 17.5 Å². The number of nitrogens with zero attached hydrogens (tertiary/aromatic N) is 2. The van der Waals surface area contributed by atoms with Gasteiger partial charge in [0.2, 0.25) is 0 Å². The Morgan fingerprint density at radius 2 is 1.90 bits per heavy atom. The summed E-state index contributed by atoms with van der Waals surface area (Å²) in [6, 6.07) is 15.3. The van der Waals surface area contributed by atoms with Gasteiger partial charge in [-0.3, -0.25) is 9.88 Å². The van der Waals surface area contributed by atoms with Crippen LogP contribution in [0.2, 0.25) is 0 Å². The van der Waals surface area contributed by atoms with Crippen LogP contribution in [0.25, 0.3) is 0 Å². The third kappa shape index (κ3) is 2.74. The predicted molar refractivity (Wildman–Crippen MR) is 81.4 cm³/mol. The summed E-state index contributed by atoms with van der Waals surface area (Å²) in [5.41, 5.74) is 8.73. The highest BCUT2D eigenvalue weighted by atomic mass is 15.2. The second-order valence-corrected chi connectivity index (χ2v) is 5.42. The van der Waals surface area contributed by atoms with Gasteiger partial charge in [-0.25, -0.2) is 0 Å². The molecule has 2 aromatic rings. The summed E-state index contributed by atoms with van der Waals surface area (Å²) in [6.45, 7) is 2.86. The zero-order chi connectivity index (χ0) is 13.8. The molecule has 0 saturated carbocycles. The summed E-state index contributed by atoms with van der Waals surface area (Å²) in [5.74, 6) is 0.632.